The minimum atomic E-state index is 0.128. The molecule has 1 fully saturated rings. The van der Waals surface area contributed by atoms with E-state index in [0.717, 1.165) is 41.5 Å². The fourth-order valence-corrected chi connectivity index (χ4v) is 3.51. The number of hydrogen-bond donors (Lipinski definition) is 0. The van der Waals surface area contributed by atoms with Gasteiger partial charge in [-0.2, -0.15) is 0 Å². The van der Waals surface area contributed by atoms with Crippen LogP contribution in [0.4, 0.5) is 0 Å². The Morgan fingerprint density at radius 3 is 2.65 bits per heavy atom. The van der Waals surface area contributed by atoms with Crippen molar-refractivity contribution in [2.75, 3.05) is 13.1 Å². The van der Waals surface area contributed by atoms with E-state index >= 15 is 0 Å². The van der Waals surface area contributed by atoms with Gasteiger partial charge in [-0.25, -0.2) is 0 Å². The third-order valence-corrected chi connectivity index (χ3v) is 4.74. The SMILES string of the molecule is CC(=O)N1CCC(N2Cc3cc(Br)ccc3C2=O)CC1. The van der Waals surface area contributed by atoms with Gasteiger partial charge < -0.3 is 9.80 Å². The molecular formula is C15H17BrN2O2. The van der Waals surface area contributed by atoms with Gasteiger partial charge in [0.05, 0.1) is 0 Å². The summed E-state index contributed by atoms with van der Waals surface area (Å²) in [6.07, 6.45) is 1.75. The molecule has 2 amide bonds. The molecule has 0 radical (unpaired) electrons. The summed E-state index contributed by atoms with van der Waals surface area (Å²) in [5.41, 5.74) is 1.92. The van der Waals surface area contributed by atoms with Gasteiger partial charge in [-0.1, -0.05) is 15.9 Å². The van der Waals surface area contributed by atoms with Gasteiger partial charge in [0.15, 0.2) is 0 Å². The molecule has 0 N–H and O–H groups in total. The van der Waals surface area contributed by atoms with E-state index in [0.29, 0.717) is 6.54 Å². The van der Waals surface area contributed by atoms with Crippen molar-refractivity contribution in [2.45, 2.75) is 32.4 Å². The van der Waals surface area contributed by atoms with Crippen LogP contribution in [0.1, 0.15) is 35.7 Å². The number of rotatable bonds is 1. The van der Waals surface area contributed by atoms with Crippen molar-refractivity contribution in [3.05, 3.63) is 33.8 Å². The molecule has 0 aromatic heterocycles. The Kier molecular flexibility index (Phi) is 3.54. The Bertz CT molecular complexity index is 565. The predicted octanol–water partition coefficient (Wildman–Crippen LogP) is 2.42. The highest BCUT2D eigenvalue weighted by Crippen LogP contribution is 2.30. The molecule has 2 aliphatic rings. The summed E-state index contributed by atoms with van der Waals surface area (Å²) in [4.78, 5) is 27.6. The van der Waals surface area contributed by atoms with Gasteiger partial charge in [0, 0.05) is 42.6 Å². The molecule has 0 saturated carbocycles. The van der Waals surface area contributed by atoms with E-state index in [4.69, 9.17) is 0 Å². The topological polar surface area (TPSA) is 40.6 Å². The van der Waals surface area contributed by atoms with Crippen LogP contribution < -0.4 is 0 Å². The molecule has 1 aromatic rings. The van der Waals surface area contributed by atoms with E-state index < -0.39 is 0 Å². The Morgan fingerprint density at radius 2 is 2.00 bits per heavy atom. The number of carbonyl (C=O) groups excluding carboxylic acids is 2. The molecule has 1 aromatic carbocycles. The zero-order valence-electron chi connectivity index (χ0n) is 11.4. The maximum absolute atomic E-state index is 12.5. The van der Waals surface area contributed by atoms with Crippen LogP contribution >= 0.6 is 15.9 Å². The van der Waals surface area contributed by atoms with Gasteiger partial charge in [-0.15, -0.1) is 0 Å². The molecule has 0 bridgehead atoms. The summed E-state index contributed by atoms with van der Waals surface area (Å²) >= 11 is 3.45. The number of amides is 2. The maximum Gasteiger partial charge on any atom is 0.254 e. The number of benzene rings is 1. The Hall–Kier alpha value is -1.36. The number of nitrogens with zero attached hydrogens (tertiary/aromatic N) is 2. The monoisotopic (exact) mass is 336 g/mol. The van der Waals surface area contributed by atoms with Crippen LogP contribution in [0, 0.1) is 0 Å². The van der Waals surface area contributed by atoms with Crippen LogP contribution in [-0.4, -0.2) is 40.7 Å². The molecule has 4 nitrogen and oxygen atoms in total. The maximum atomic E-state index is 12.5. The lowest BCUT2D eigenvalue weighted by atomic mass is 10.0. The zero-order chi connectivity index (χ0) is 14.3. The van der Waals surface area contributed by atoms with E-state index in [9.17, 15) is 9.59 Å². The van der Waals surface area contributed by atoms with Crippen LogP contribution in [-0.2, 0) is 11.3 Å². The quantitative estimate of drug-likeness (QED) is 0.790. The third kappa shape index (κ3) is 2.35. The average molecular weight is 337 g/mol. The van der Waals surface area contributed by atoms with E-state index in [1.54, 1.807) is 6.92 Å². The van der Waals surface area contributed by atoms with Crippen molar-refractivity contribution < 1.29 is 9.59 Å². The van der Waals surface area contributed by atoms with Gasteiger partial charge in [-0.3, -0.25) is 9.59 Å². The van der Waals surface area contributed by atoms with Crippen LogP contribution in [0.3, 0.4) is 0 Å². The van der Waals surface area contributed by atoms with Crippen molar-refractivity contribution in [2.24, 2.45) is 0 Å². The van der Waals surface area contributed by atoms with Crippen molar-refractivity contribution in [1.29, 1.82) is 0 Å². The average Bonchev–Trinajstić information content (AvgIpc) is 2.75. The number of piperidine rings is 1. The molecule has 2 heterocycles. The standard InChI is InChI=1S/C15H17BrN2O2/c1-10(19)17-6-4-13(5-7-17)18-9-11-8-12(16)2-3-14(11)15(18)20/h2-3,8,13H,4-7,9H2,1H3. The first kappa shape index (κ1) is 13.6. The molecule has 2 aliphatic heterocycles. The molecule has 0 spiro atoms. The minimum Gasteiger partial charge on any atom is -0.343 e. The molecule has 20 heavy (non-hydrogen) atoms. The Morgan fingerprint density at radius 1 is 1.30 bits per heavy atom. The van der Waals surface area contributed by atoms with Gasteiger partial charge in [0.1, 0.15) is 0 Å². The number of fused-ring (bicyclic) bond motifs is 1. The predicted molar refractivity (Wildman–Crippen MR) is 79.3 cm³/mol. The van der Waals surface area contributed by atoms with E-state index in [1.807, 2.05) is 28.0 Å². The van der Waals surface area contributed by atoms with Gasteiger partial charge in [-0.05, 0) is 36.6 Å². The number of likely N-dealkylation sites (tertiary alicyclic amines) is 1. The largest absolute Gasteiger partial charge is 0.343 e. The van der Waals surface area contributed by atoms with Crippen molar-refractivity contribution >= 4 is 27.7 Å². The van der Waals surface area contributed by atoms with Crippen LogP contribution in [0.15, 0.2) is 22.7 Å². The van der Waals surface area contributed by atoms with E-state index in [1.165, 1.54) is 0 Å². The molecule has 1 saturated heterocycles. The summed E-state index contributed by atoms with van der Waals surface area (Å²) < 4.78 is 1.01. The lowest BCUT2D eigenvalue weighted by Crippen LogP contribution is -2.46. The van der Waals surface area contributed by atoms with Crippen molar-refractivity contribution in [3.63, 3.8) is 0 Å². The number of carbonyl (C=O) groups is 2. The van der Waals surface area contributed by atoms with E-state index in [-0.39, 0.29) is 17.9 Å². The van der Waals surface area contributed by atoms with Crippen LogP contribution in [0.5, 0.6) is 0 Å². The van der Waals surface area contributed by atoms with Gasteiger partial charge in [0.25, 0.3) is 5.91 Å². The Balaban J connectivity index is 1.72. The number of hydrogen-bond acceptors (Lipinski definition) is 2. The summed E-state index contributed by atoms with van der Waals surface area (Å²) in [5, 5.41) is 0. The first-order chi connectivity index (χ1) is 9.56. The fourth-order valence-electron chi connectivity index (χ4n) is 3.10. The second-order valence-electron chi connectivity index (χ2n) is 5.47. The number of halogens is 1. The Labute approximate surface area is 126 Å². The smallest absolute Gasteiger partial charge is 0.254 e. The molecular weight excluding hydrogens is 320 g/mol. The summed E-state index contributed by atoms with van der Waals surface area (Å²) in [6, 6.07) is 6.09. The molecule has 3 rings (SSSR count). The van der Waals surface area contributed by atoms with Crippen molar-refractivity contribution in [1.82, 2.24) is 9.80 Å². The lowest BCUT2D eigenvalue weighted by molar-refractivity contribution is -0.130. The van der Waals surface area contributed by atoms with Crippen molar-refractivity contribution in [3.8, 4) is 0 Å². The highest BCUT2D eigenvalue weighted by atomic mass is 79.9. The first-order valence-corrected chi connectivity index (χ1v) is 7.70. The lowest BCUT2D eigenvalue weighted by Gasteiger charge is -2.36. The summed E-state index contributed by atoms with van der Waals surface area (Å²) in [7, 11) is 0. The summed E-state index contributed by atoms with van der Waals surface area (Å²) in [5.74, 6) is 0.261. The van der Waals surface area contributed by atoms with Crippen LogP contribution in [0.25, 0.3) is 0 Å². The highest BCUT2D eigenvalue weighted by molar-refractivity contribution is 9.10. The second kappa shape index (κ2) is 5.20. The van der Waals surface area contributed by atoms with E-state index in [2.05, 4.69) is 15.9 Å². The molecule has 0 aliphatic carbocycles. The third-order valence-electron chi connectivity index (χ3n) is 4.25. The fraction of sp³-hybridized carbons (Fsp3) is 0.467. The minimum absolute atomic E-state index is 0.128. The van der Waals surface area contributed by atoms with Crippen LogP contribution in [0.2, 0.25) is 0 Å². The van der Waals surface area contributed by atoms with Gasteiger partial charge >= 0.3 is 0 Å². The molecule has 106 valence electrons. The molecule has 0 atom stereocenters. The molecule has 0 unspecified atom stereocenters. The summed E-state index contributed by atoms with van der Waals surface area (Å²) in [6.45, 7) is 3.81. The normalized spacial score (nSPS) is 19.4. The highest BCUT2D eigenvalue weighted by Gasteiger charge is 2.34. The zero-order valence-corrected chi connectivity index (χ0v) is 13.0. The van der Waals surface area contributed by atoms with Gasteiger partial charge in [0.2, 0.25) is 5.91 Å². The molecule has 5 heteroatoms. The second-order valence-corrected chi connectivity index (χ2v) is 6.39. The first-order valence-electron chi connectivity index (χ1n) is 6.91.